The summed E-state index contributed by atoms with van der Waals surface area (Å²) in [6.07, 6.45) is 0. The van der Waals surface area contributed by atoms with Crippen LogP contribution in [0.2, 0.25) is 5.02 Å². The van der Waals surface area contributed by atoms with Gasteiger partial charge in [0.05, 0.1) is 5.75 Å². The molecule has 0 aliphatic heterocycles. The standard InChI is InChI=1S/C20H16ClFN6O2S/c1-11-3-6-13(21)9-15(11)23-16(29)10-31-20-26-25-18(28(20)2)19-24-17(27-30-19)12-4-7-14(22)8-5-12/h3-9H,10H2,1-2H3,(H,23,29). The van der Waals surface area contributed by atoms with Crippen LogP contribution in [-0.4, -0.2) is 36.6 Å². The van der Waals surface area contributed by atoms with E-state index in [1.54, 1.807) is 35.9 Å². The second kappa shape index (κ2) is 8.86. The lowest BCUT2D eigenvalue weighted by atomic mass is 10.2. The first-order chi connectivity index (χ1) is 14.9. The molecule has 0 aliphatic rings. The van der Waals surface area contributed by atoms with E-state index in [4.69, 9.17) is 16.1 Å². The number of amides is 1. The van der Waals surface area contributed by atoms with Crippen molar-refractivity contribution in [3.63, 3.8) is 0 Å². The van der Waals surface area contributed by atoms with Crippen molar-refractivity contribution in [1.82, 2.24) is 24.9 Å². The normalized spacial score (nSPS) is 11.0. The zero-order chi connectivity index (χ0) is 22.0. The first kappa shape index (κ1) is 21.0. The Labute approximate surface area is 185 Å². The van der Waals surface area contributed by atoms with Crippen LogP contribution in [0.3, 0.4) is 0 Å². The van der Waals surface area contributed by atoms with E-state index in [9.17, 15) is 9.18 Å². The van der Waals surface area contributed by atoms with Crippen LogP contribution in [0.5, 0.6) is 0 Å². The summed E-state index contributed by atoms with van der Waals surface area (Å²) in [6.45, 7) is 1.89. The number of carbonyl (C=O) groups is 1. The molecule has 31 heavy (non-hydrogen) atoms. The van der Waals surface area contributed by atoms with E-state index in [2.05, 4.69) is 25.7 Å². The Balaban J connectivity index is 1.43. The molecule has 0 fully saturated rings. The summed E-state index contributed by atoms with van der Waals surface area (Å²) in [5.41, 5.74) is 2.19. The summed E-state index contributed by atoms with van der Waals surface area (Å²) in [5.74, 6) is 0.411. The lowest BCUT2D eigenvalue weighted by Crippen LogP contribution is -2.15. The summed E-state index contributed by atoms with van der Waals surface area (Å²) < 4.78 is 20.0. The van der Waals surface area contributed by atoms with Gasteiger partial charge in [0.2, 0.25) is 17.6 Å². The highest BCUT2D eigenvalue weighted by Crippen LogP contribution is 2.25. The molecule has 0 saturated heterocycles. The van der Waals surface area contributed by atoms with E-state index >= 15 is 0 Å². The van der Waals surface area contributed by atoms with Gasteiger partial charge in [-0.15, -0.1) is 10.2 Å². The monoisotopic (exact) mass is 458 g/mol. The molecule has 0 aliphatic carbocycles. The number of carbonyl (C=O) groups excluding carboxylic acids is 1. The minimum absolute atomic E-state index is 0.128. The lowest BCUT2D eigenvalue weighted by Gasteiger charge is -2.08. The SMILES string of the molecule is Cc1ccc(Cl)cc1NC(=O)CSc1nnc(-c2nc(-c3ccc(F)cc3)no2)n1C. The largest absolute Gasteiger partial charge is 0.330 e. The van der Waals surface area contributed by atoms with Gasteiger partial charge in [0, 0.05) is 23.3 Å². The number of halogens is 2. The minimum Gasteiger partial charge on any atom is -0.330 e. The molecule has 4 rings (SSSR count). The van der Waals surface area contributed by atoms with Gasteiger partial charge in [0.1, 0.15) is 5.82 Å². The van der Waals surface area contributed by atoms with Gasteiger partial charge in [0.25, 0.3) is 5.89 Å². The van der Waals surface area contributed by atoms with E-state index in [0.29, 0.717) is 33.1 Å². The van der Waals surface area contributed by atoms with E-state index < -0.39 is 0 Å². The van der Waals surface area contributed by atoms with Gasteiger partial charge in [0.15, 0.2) is 5.16 Å². The Kier molecular flexibility index (Phi) is 6.01. The topological polar surface area (TPSA) is 98.7 Å². The fourth-order valence-corrected chi connectivity index (χ4v) is 3.59. The Morgan fingerprint density at radius 1 is 1.23 bits per heavy atom. The summed E-state index contributed by atoms with van der Waals surface area (Å²) in [6, 6.07) is 11.1. The molecule has 0 bridgehead atoms. The second-order valence-corrected chi connectivity index (χ2v) is 7.97. The fourth-order valence-electron chi connectivity index (χ4n) is 2.70. The number of aromatic nitrogens is 5. The first-order valence-corrected chi connectivity index (χ1v) is 10.5. The highest BCUT2D eigenvalue weighted by molar-refractivity contribution is 7.99. The van der Waals surface area contributed by atoms with Crippen LogP contribution in [0.25, 0.3) is 23.1 Å². The number of nitrogens with one attached hydrogen (secondary N) is 1. The van der Waals surface area contributed by atoms with Gasteiger partial charge < -0.3 is 14.4 Å². The van der Waals surface area contributed by atoms with Crippen LogP contribution in [0.1, 0.15) is 5.56 Å². The van der Waals surface area contributed by atoms with E-state index in [0.717, 1.165) is 5.56 Å². The van der Waals surface area contributed by atoms with Gasteiger partial charge >= 0.3 is 0 Å². The molecule has 0 unspecified atom stereocenters. The number of hydrogen-bond donors (Lipinski definition) is 1. The predicted octanol–water partition coefficient (Wildman–Crippen LogP) is 4.36. The average Bonchev–Trinajstić information content (AvgIpc) is 3.36. The molecule has 1 amide bonds. The molecule has 1 N–H and O–H groups in total. The maximum Gasteiger partial charge on any atom is 0.296 e. The van der Waals surface area contributed by atoms with E-state index in [-0.39, 0.29) is 23.4 Å². The molecule has 158 valence electrons. The van der Waals surface area contributed by atoms with Crippen molar-refractivity contribution < 1.29 is 13.7 Å². The summed E-state index contributed by atoms with van der Waals surface area (Å²) in [4.78, 5) is 16.6. The number of hydrogen-bond acceptors (Lipinski definition) is 7. The van der Waals surface area contributed by atoms with Crippen LogP contribution in [0.4, 0.5) is 10.1 Å². The number of nitrogens with zero attached hydrogens (tertiary/aromatic N) is 5. The number of benzene rings is 2. The first-order valence-electron chi connectivity index (χ1n) is 9.09. The zero-order valence-corrected chi connectivity index (χ0v) is 18.0. The second-order valence-electron chi connectivity index (χ2n) is 6.59. The molecule has 2 heterocycles. The number of thioether (sulfide) groups is 1. The third-order valence-electron chi connectivity index (χ3n) is 4.36. The van der Waals surface area contributed by atoms with Crippen molar-refractivity contribution in [2.75, 3.05) is 11.1 Å². The van der Waals surface area contributed by atoms with Crippen molar-refractivity contribution in [1.29, 1.82) is 0 Å². The molecule has 0 saturated carbocycles. The van der Waals surface area contributed by atoms with Crippen molar-refractivity contribution in [3.8, 4) is 23.1 Å². The van der Waals surface area contributed by atoms with Crippen molar-refractivity contribution in [3.05, 3.63) is 58.9 Å². The van der Waals surface area contributed by atoms with Crippen LogP contribution in [0, 0.1) is 12.7 Å². The van der Waals surface area contributed by atoms with Gasteiger partial charge in [-0.3, -0.25) is 4.79 Å². The fraction of sp³-hybridized carbons (Fsp3) is 0.150. The quantitative estimate of drug-likeness (QED) is 0.428. The molecule has 0 spiro atoms. The molecule has 11 heteroatoms. The highest BCUT2D eigenvalue weighted by atomic mass is 35.5. The maximum atomic E-state index is 13.1. The smallest absolute Gasteiger partial charge is 0.296 e. The van der Waals surface area contributed by atoms with Gasteiger partial charge in [-0.25, -0.2) is 4.39 Å². The van der Waals surface area contributed by atoms with Gasteiger partial charge in [-0.1, -0.05) is 34.6 Å². The summed E-state index contributed by atoms with van der Waals surface area (Å²) >= 11 is 7.21. The minimum atomic E-state index is -0.350. The van der Waals surface area contributed by atoms with E-state index in [1.165, 1.54) is 23.9 Å². The van der Waals surface area contributed by atoms with Crippen molar-refractivity contribution >= 4 is 35.0 Å². The molecule has 8 nitrogen and oxygen atoms in total. The Morgan fingerprint density at radius 3 is 2.77 bits per heavy atom. The van der Waals surface area contributed by atoms with Gasteiger partial charge in [-0.05, 0) is 48.9 Å². The van der Waals surface area contributed by atoms with Crippen LogP contribution < -0.4 is 5.32 Å². The molecule has 4 aromatic rings. The van der Waals surface area contributed by atoms with E-state index in [1.807, 2.05) is 13.0 Å². The predicted molar refractivity (Wildman–Crippen MR) is 115 cm³/mol. The van der Waals surface area contributed by atoms with Crippen molar-refractivity contribution in [2.24, 2.45) is 7.05 Å². The van der Waals surface area contributed by atoms with Gasteiger partial charge in [-0.2, -0.15) is 4.98 Å². The number of rotatable bonds is 6. The average molecular weight is 459 g/mol. The Hall–Kier alpha value is -3.24. The molecule has 0 atom stereocenters. The maximum absolute atomic E-state index is 13.1. The summed E-state index contributed by atoms with van der Waals surface area (Å²) in [7, 11) is 1.73. The highest BCUT2D eigenvalue weighted by Gasteiger charge is 2.19. The summed E-state index contributed by atoms with van der Waals surface area (Å²) in [5, 5.41) is 16.0. The molecular formula is C20H16ClFN6O2S. The molecule has 2 aromatic carbocycles. The Morgan fingerprint density at radius 2 is 2.00 bits per heavy atom. The number of aryl methyl sites for hydroxylation is 1. The third-order valence-corrected chi connectivity index (χ3v) is 5.62. The Bertz CT molecular complexity index is 1240. The van der Waals surface area contributed by atoms with Crippen molar-refractivity contribution in [2.45, 2.75) is 12.1 Å². The third kappa shape index (κ3) is 4.75. The molecular weight excluding hydrogens is 443 g/mol. The van der Waals surface area contributed by atoms with Crippen LogP contribution in [0.15, 0.2) is 52.1 Å². The van der Waals surface area contributed by atoms with Crippen LogP contribution in [-0.2, 0) is 11.8 Å². The molecule has 2 aromatic heterocycles. The number of anilines is 1. The zero-order valence-electron chi connectivity index (χ0n) is 16.5. The molecule has 0 radical (unpaired) electrons. The lowest BCUT2D eigenvalue weighted by molar-refractivity contribution is -0.113. The van der Waals surface area contributed by atoms with Crippen LogP contribution >= 0.6 is 23.4 Å².